The van der Waals surface area contributed by atoms with Crippen molar-refractivity contribution in [1.82, 2.24) is 10.3 Å². The summed E-state index contributed by atoms with van der Waals surface area (Å²) in [6, 6.07) is 9.22. The molecule has 0 saturated heterocycles. The van der Waals surface area contributed by atoms with Gasteiger partial charge in [-0.3, -0.25) is 9.53 Å². The Balaban J connectivity index is 2.03. The number of aromatic nitrogens is 1. The maximum Gasteiger partial charge on any atom is 0.320 e. The van der Waals surface area contributed by atoms with Gasteiger partial charge in [0.15, 0.2) is 0 Å². The Morgan fingerprint density at radius 2 is 2.10 bits per heavy atom. The molecule has 2 atom stereocenters. The number of hydrogen-bond donors (Lipinski definition) is 2. The average molecular weight is 323 g/mol. The van der Waals surface area contributed by atoms with Crippen LogP contribution in [-0.4, -0.2) is 33.3 Å². The van der Waals surface area contributed by atoms with Gasteiger partial charge in [-0.2, -0.15) is 0 Å². The molecule has 0 saturated carbocycles. The summed E-state index contributed by atoms with van der Waals surface area (Å²) in [7, 11) is -0.937. The summed E-state index contributed by atoms with van der Waals surface area (Å²) in [6.45, 7) is 1.83. The molecule has 1 aromatic carbocycles. The summed E-state index contributed by atoms with van der Waals surface area (Å²) in [5.41, 5.74) is 3.40. The first-order chi connectivity index (χ1) is 10.1. The van der Waals surface area contributed by atoms with Crippen molar-refractivity contribution in [3.63, 3.8) is 0 Å². The second-order valence-electron chi connectivity index (χ2n) is 4.64. The highest BCUT2D eigenvalue weighted by Crippen LogP contribution is 2.29. The van der Waals surface area contributed by atoms with Crippen molar-refractivity contribution < 1.29 is 9.00 Å². The Bertz CT molecular complexity index is 628. The van der Waals surface area contributed by atoms with Crippen molar-refractivity contribution in [1.29, 1.82) is 0 Å². The van der Waals surface area contributed by atoms with Crippen LogP contribution in [0.2, 0.25) is 0 Å². The normalized spacial score (nSPS) is 13.4. The molecule has 1 aromatic heterocycles. The van der Waals surface area contributed by atoms with Gasteiger partial charge in [-0.1, -0.05) is 30.3 Å². The molecule has 112 valence electrons. The average Bonchev–Trinajstić information content (AvgIpc) is 2.86. The maximum atomic E-state index is 11.9. The zero-order chi connectivity index (χ0) is 15.2. The quantitative estimate of drug-likeness (QED) is 0.889. The Hall–Kier alpha value is -1.73. The van der Waals surface area contributed by atoms with Crippen LogP contribution in [0.3, 0.4) is 0 Å². The van der Waals surface area contributed by atoms with Crippen LogP contribution in [0.15, 0.2) is 35.8 Å². The van der Waals surface area contributed by atoms with E-state index in [9.17, 15) is 9.00 Å². The summed E-state index contributed by atoms with van der Waals surface area (Å²) < 4.78 is 11.1. The number of carbonyl (C=O) groups is 1. The molecule has 5 nitrogen and oxygen atoms in total. The lowest BCUT2D eigenvalue weighted by Gasteiger charge is -2.13. The summed E-state index contributed by atoms with van der Waals surface area (Å²) in [6.07, 6.45) is 1.62. The molecule has 1 heterocycles. The smallest absolute Gasteiger partial charge is 0.320 e. The lowest BCUT2D eigenvalue weighted by Crippen LogP contribution is -2.38. The van der Waals surface area contributed by atoms with E-state index in [4.69, 9.17) is 0 Å². The second kappa shape index (κ2) is 7.33. The number of amides is 2. The summed E-state index contributed by atoms with van der Waals surface area (Å²) in [5.74, 6) is 0.432. The van der Waals surface area contributed by atoms with Gasteiger partial charge in [-0.05, 0) is 6.92 Å². The number of nitrogens with zero attached hydrogens (tertiary/aromatic N) is 1. The largest absolute Gasteiger partial charge is 0.334 e. The third-order valence-corrected chi connectivity index (χ3v) is 4.42. The fraction of sp³-hybridized carbons (Fsp3) is 0.286. The standard InChI is InChI=1S/C14H17N3O2S2/c1-10(8-21(2)19)16-14(18)17-13-12(15-9-20-13)11-6-4-3-5-7-11/h3-7,9-10H,8H2,1-2H3,(H2,16,17,18)/t10-,21-/m1/s1. The van der Waals surface area contributed by atoms with E-state index in [1.165, 1.54) is 11.3 Å². The first-order valence-electron chi connectivity index (χ1n) is 6.42. The number of urea groups is 1. The minimum Gasteiger partial charge on any atom is -0.334 e. The number of rotatable bonds is 5. The van der Waals surface area contributed by atoms with Gasteiger partial charge in [0.25, 0.3) is 0 Å². The lowest BCUT2D eigenvalue weighted by atomic mass is 10.2. The molecule has 0 aliphatic rings. The van der Waals surface area contributed by atoms with Crippen molar-refractivity contribution in [2.45, 2.75) is 13.0 Å². The second-order valence-corrected chi connectivity index (χ2v) is 6.97. The molecular formula is C14H17N3O2S2. The van der Waals surface area contributed by atoms with Crippen LogP contribution in [0.4, 0.5) is 9.80 Å². The minimum atomic E-state index is -0.937. The van der Waals surface area contributed by atoms with Gasteiger partial charge in [0.05, 0.1) is 5.51 Å². The monoisotopic (exact) mass is 323 g/mol. The van der Waals surface area contributed by atoms with E-state index in [1.807, 2.05) is 37.3 Å². The van der Waals surface area contributed by atoms with Gasteiger partial charge in [0.1, 0.15) is 10.7 Å². The van der Waals surface area contributed by atoms with E-state index >= 15 is 0 Å². The number of carbonyl (C=O) groups excluding carboxylic acids is 1. The highest BCUT2D eigenvalue weighted by atomic mass is 32.2. The molecule has 2 N–H and O–H groups in total. The minimum absolute atomic E-state index is 0.149. The van der Waals surface area contributed by atoms with Crippen molar-refractivity contribution in [2.75, 3.05) is 17.3 Å². The van der Waals surface area contributed by atoms with Crippen LogP contribution in [0.5, 0.6) is 0 Å². The SMILES string of the molecule is C[C@H](C[S@@](C)=O)NC(=O)Nc1scnc1-c1ccccc1. The lowest BCUT2D eigenvalue weighted by molar-refractivity contribution is 0.250. The maximum absolute atomic E-state index is 11.9. The zero-order valence-corrected chi connectivity index (χ0v) is 13.5. The predicted molar refractivity (Wildman–Crippen MR) is 88.1 cm³/mol. The molecule has 0 aliphatic heterocycles. The van der Waals surface area contributed by atoms with Gasteiger partial charge in [-0.25, -0.2) is 9.78 Å². The van der Waals surface area contributed by atoms with E-state index in [2.05, 4.69) is 15.6 Å². The molecule has 0 fully saturated rings. The molecule has 2 rings (SSSR count). The van der Waals surface area contributed by atoms with Crippen molar-refractivity contribution >= 4 is 33.2 Å². The number of hydrogen-bond acceptors (Lipinski definition) is 4. The van der Waals surface area contributed by atoms with Crippen molar-refractivity contribution in [3.8, 4) is 11.3 Å². The Morgan fingerprint density at radius 1 is 1.38 bits per heavy atom. The first kappa shape index (κ1) is 15.7. The van der Waals surface area contributed by atoms with Gasteiger partial charge < -0.3 is 5.32 Å². The third kappa shape index (κ3) is 4.64. The fourth-order valence-corrected chi connectivity index (χ4v) is 3.38. The number of benzene rings is 1. The van der Waals surface area contributed by atoms with Crippen LogP contribution in [0.1, 0.15) is 6.92 Å². The molecule has 0 aliphatic carbocycles. The van der Waals surface area contributed by atoms with Crippen LogP contribution in [-0.2, 0) is 10.8 Å². The van der Waals surface area contributed by atoms with E-state index in [-0.39, 0.29) is 12.1 Å². The Kier molecular flexibility index (Phi) is 5.46. The van der Waals surface area contributed by atoms with E-state index in [0.29, 0.717) is 10.8 Å². The molecule has 2 aromatic rings. The van der Waals surface area contributed by atoms with Crippen LogP contribution >= 0.6 is 11.3 Å². The number of thiazole rings is 1. The van der Waals surface area contributed by atoms with Gasteiger partial charge in [0, 0.05) is 34.4 Å². The summed E-state index contributed by atoms with van der Waals surface area (Å²) >= 11 is 1.37. The zero-order valence-electron chi connectivity index (χ0n) is 11.8. The van der Waals surface area contributed by atoms with E-state index in [1.54, 1.807) is 11.8 Å². The molecule has 0 radical (unpaired) electrons. The predicted octanol–water partition coefficient (Wildman–Crippen LogP) is 2.70. The van der Waals surface area contributed by atoms with Gasteiger partial charge >= 0.3 is 6.03 Å². The molecule has 21 heavy (non-hydrogen) atoms. The third-order valence-electron chi connectivity index (χ3n) is 2.70. The highest BCUT2D eigenvalue weighted by molar-refractivity contribution is 7.84. The van der Waals surface area contributed by atoms with Crippen LogP contribution in [0.25, 0.3) is 11.3 Å². The molecule has 0 bridgehead atoms. The summed E-state index contributed by atoms with van der Waals surface area (Å²) in [5, 5.41) is 6.26. The van der Waals surface area contributed by atoms with Crippen molar-refractivity contribution in [3.05, 3.63) is 35.8 Å². The Morgan fingerprint density at radius 3 is 2.76 bits per heavy atom. The number of anilines is 1. The van der Waals surface area contributed by atoms with Gasteiger partial charge in [0.2, 0.25) is 0 Å². The fourth-order valence-electron chi connectivity index (χ4n) is 1.89. The molecule has 7 heteroatoms. The topological polar surface area (TPSA) is 71.1 Å². The highest BCUT2D eigenvalue weighted by Gasteiger charge is 2.13. The first-order valence-corrected chi connectivity index (χ1v) is 9.03. The molecular weight excluding hydrogens is 306 g/mol. The van der Waals surface area contributed by atoms with Crippen LogP contribution < -0.4 is 10.6 Å². The van der Waals surface area contributed by atoms with E-state index in [0.717, 1.165) is 11.3 Å². The molecule has 2 amide bonds. The summed E-state index contributed by atoms with van der Waals surface area (Å²) in [4.78, 5) is 16.2. The molecule has 0 unspecified atom stereocenters. The van der Waals surface area contributed by atoms with Crippen LogP contribution in [0, 0.1) is 0 Å². The van der Waals surface area contributed by atoms with Gasteiger partial charge in [-0.15, -0.1) is 11.3 Å². The number of nitrogens with one attached hydrogen (secondary N) is 2. The van der Waals surface area contributed by atoms with E-state index < -0.39 is 10.8 Å². The molecule has 0 spiro atoms. The van der Waals surface area contributed by atoms with Crippen molar-refractivity contribution in [2.24, 2.45) is 0 Å². The Labute approximate surface area is 130 Å².